The third-order valence-corrected chi connectivity index (χ3v) is 2.56. The number of rotatable bonds is 0. The van der Waals surface area contributed by atoms with E-state index in [1.54, 1.807) is 6.92 Å². The molecule has 0 aliphatic heterocycles. The zero-order chi connectivity index (χ0) is 10.2. The summed E-state index contributed by atoms with van der Waals surface area (Å²) in [6.07, 6.45) is -0.790. The molecule has 16 heavy (non-hydrogen) atoms. The van der Waals surface area contributed by atoms with E-state index in [4.69, 9.17) is 0 Å². The molecule has 3 N–H and O–H groups in total. The van der Waals surface area contributed by atoms with Crippen molar-refractivity contribution >= 4 is 0 Å². The first-order valence-corrected chi connectivity index (χ1v) is 4.59. The molecule has 0 saturated heterocycles. The average molecular weight is 453 g/mol. The predicted molar refractivity (Wildman–Crippen MR) is 50.2 cm³/mol. The Morgan fingerprint density at radius 3 is 1.62 bits per heavy atom. The van der Waals surface area contributed by atoms with Crippen LogP contribution in [-0.4, -0.2) is 33.1 Å². The van der Waals surface area contributed by atoms with E-state index in [1.165, 1.54) is 0 Å². The van der Waals surface area contributed by atoms with Crippen molar-refractivity contribution in [2.24, 2.45) is 0 Å². The van der Waals surface area contributed by atoms with Crippen LogP contribution in [0.1, 0.15) is 33.6 Å². The van der Waals surface area contributed by atoms with Gasteiger partial charge in [-0.1, -0.05) is 5.57 Å². The van der Waals surface area contributed by atoms with E-state index in [0.717, 1.165) is 5.57 Å². The summed E-state index contributed by atoms with van der Waals surface area (Å²) < 4.78 is 0. The van der Waals surface area contributed by atoms with Crippen molar-refractivity contribution in [1.82, 2.24) is 0 Å². The van der Waals surface area contributed by atoms with E-state index < -0.39 is 17.8 Å². The van der Waals surface area contributed by atoms with Gasteiger partial charge in [0, 0.05) is 111 Å². The summed E-state index contributed by atoms with van der Waals surface area (Å²) in [5.41, 5.74) is 0.666. The molecule has 1 rings (SSSR count). The Morgan fingerprint density at radius 2 is 1.38 bits per heavy atom. The van der Waals surface area contributed by atoms with Crippen molar-refractivity contribution in [2.45, 2.75) is 51.4 Å². The summed E-state index contributed by atoms with van der Waals surface area (Å²) in [5.74, 6) is 0. The Kier molecular flexibility index (Phi) is 14.7. The van der Waals surface area contributed by atoms with Gasteiger partial charge < -0.3 is 15.3 Å². The fraction of sp³-hybridized carbons (Fsp3) is 0.800. The largest absolute Gasteiger partial charge is 0.390 e. The second-order valence-corrected chi connectivity index (χ2v) is 4.39. The quantitative estimate of drug-likeness (QED) is 0.471. The second kappa shape index (κ2) is 9.78. The molecular formula is C10H18O3Y3. The standard InChI is InChI=1S/C10H18O3.3Y/c1-6(2)9-7(11)4-10(3,13)5-8(9)12;;;/h7-8,11-13H,4-5H2,1-3H3;;;. The van der Waals surface area contributed by atoms with Gasteiger partial charge >= 0.3 is 0 Å². The van der Waals surface area contributed by atoms with Gasteiger partial charge in [-0.2, -0.15) is 0 Å². The Hall–Kier alpha value is 2.93. The van der Waals surface area contributed by atoms with Crippen molar-refractivity contribution in [3.8, 4) is 0 Å². The molecule has 2 atom stereocenters. The molecule has 3 nitrogen and oxygen atoms in total. The normalized spacial score (nSPS) is 33.0. The monoisotopic (exact) mass is 453 g/mol. The molecule has 0 aromatic carbocycles. The van der Waals surface area contributed by atoms with Crippen LogP contribution < -0.4 is 0 Å². The van der Waals surface area contributed by atoms with Crippen LogP contribution in [0.4, 0.5) is 0 Å². The first kappa shape index (κ1) is 24.0. The molecule has 0 amide bonds. The van der Waals surface area contributed by atoms with E-state index in [9.17, 15) is 15.3 Å². The third kappa shape index (κ3) is 6.91. The molecule has 0 bridgehead atoms. The fourth-order valence-corrected chi connectivity index (χ4v) is 2.02. The molecule has 0 heterocycles. The molecule has 2 unspecified atom stereocenters. The van der Waals surface area contributed by atoms with Crippen molar-refractivity contribution in [2.75, 3.05) is 0 Å². The van der Waals surface area contributed by atoms with E-state index in [1.807, 2.05) is 13.8 Å². The Morgan fingerprint density at radius 1 is 1.06 bits per heavy atom. The van der Waals surface area contributed by atoms with Crippen LogP contribution in [-0.2, 0) is 98.1 Å². The number of aliphatic hydroxyl groups excluding tert-OH is 2. The second-order valence-electron chi connectivity index (χ2n) is 4.39. The molecule has 1 fully saturated rings. The third-order valence-electron chi connectivity index (χ3n) is 2.56. The fourth-order valence-electron chi connectivity index (χ4n) is 2.02. The maximum Gasteiger partial charge on any atom is 0.0804 e. The predicted octanol–water partition coefficient (Wildman–Crippen LogP) is 0.582. The first-order chi connectivity index (χ1) is 5.83. The van der Waals surface area contributed by atoms with Crippen LogP contribution in [0.2, 0.25) is 0 Å². The van der Waals surface area contributed by atoms with Gasteiger partial charge in [0.2, 0.25) is 0 Å². The maximum atomic E-state index is 9.67. The van der Waals surface area contributed by atoms with Crippen LogP contribution in [0.15, 0.2) is 11.1 Å². The van der Waals surface area contributed by atoms with Gasteiger partial charge in [-0.15, -0.1) is 0 Å². The summed E-state index contributed by atoms with van der Waals surface area (Å²) in [6, 6.07) is 0. The van der Waals surface area contributed by atoms with Crippen LogP contribution >= 0.6 is 0 Å². The van der Waals surface area contributed by atoms with Crippen LogP contribution in [0.25, 0.3) is 0 Å². The van der Waals surface area contributed by atoms with Crippen LogP contribution in [0.3, 0.4) is 0 Å². The summed E-state index contributed by atoms with van der Waals surface area (Å²) in [4.78, 5) is 0. The summed E-state index contributed by atoms with van der Waals surface area (Å²) in [7, 11) is 0. The maximum absolute atomic E-state index is 9.67. The van der Waals surface area contributed by atoms with Crippen LogP contribution in [0.5, 0.6) is 0 Å². The van der Waals surface area contributed by atoms with E-state index in [-0.39, 0.29) is 98.1 Å². The molecule has 0 aromatic heterocycles. The minimum absolute atomic E-state index is 0. The minimum Gasteiger partial charge on any atom is -0.390 e. The van der Waals surface area contributed by atoms with Gasteiger partial charge in [0.25, 0.3) is 0 Å². The molecule has 3 radical (unpaired) electrons. The van der Waals surface area contributed by atoms with Gasteiger partial charge in [0.1, 0.15) is 0 Å². The number of hydrogen-bond donors (Lipinski definition) is 3. The first-order valence-electron chi connectivity index (χ1n) is 4.59. The molecule has 1 aliphatic carbocycles. The topological polar surface area (TPSA) is 60.7 Å². The number of aliphatic hydroxyl groups is 3. The SMILES string of the molecule is CC(C)=C1C(O)CC(C)(O)CC1O.[Y].[Y].[Y]. The molecule has 1 aliphatic rings. The number of allylic oxidation sites excluding steroid dienone is 1. The Balaban J connectivity index is -0.000000563. The summed E-state index contributed by atoms with van der Waals surface area (Å²) >= 11 is 0. The molecule has 6 heteroatoms. The van der Waals surface area contributed by atoms with Crippen molar-refractivity contribution in [3.05, 3.63) is 11.1 Å². The van der Waals surface area contributed by atoms with Crippen molar-refractivity contribution in [1.29, 1.82) is 0 Å². The summed E-state index contributed by atoms with van der Waals surface area (Å²) in [6.45, 7) is 5.37. The molecule has 85 valence electrons. The summed E-state index contributed by atoms with van der Waals surface area (Å²) in [5, 5.41) is 29.0. The van der Waals surface area contributed by atoms with E-state index in [0.29, 0.717) is 18.4 Å². The van der Waals surface area contributed by atoms with Gasteiger partial charge in [-0.05, 0) is 26.3 Å². The number of hydrogen-bond acceptors (Lipinski definition) is 3. The van der Waals surface area contributed by atoms with Gasteiger partial charge in [0.05, 0.1) is 17.8 Å². The smallest absolute Gasteiger partial charge is 0.0804 e. The minimum atomic E-state index is -0.947. The Bertz CT molecular complexity index is 221. The van der Waals surface area contributed by atoms with Gasteiger partial charge in [-0.3, -0.25) is 0 Å². The average Bonchev–Trinajstić information content (AvgIpc) is 1.78. The van der Waals surface area contributed by atoms with Crippen LogP contribution in [0, 0.1) is 0 Å². The molecular weight excluding hydrogens is 435 g/mol. The van der Waals surface area contributed by atoms with Crippen molar-refractivity contribution in [3.63, 3.8) is 0 Å². The zero-order valence-electron chi connectivity index (χ0n) is 10.1. The van der Waals surface area contributed by atoms with Gasteiger partial charge in [-0.25, -0.2) is 0 Å². The molecule has 0 spiro atoms. The van der Waals surface area contributed by atoms with E-state index >= 15 is 0 Å². The van der Waals surface area contributed by atoms with Crippen molar-refractivity contribution < 1.29 is 113 Å². The van der Waals surface area contributed by atoms with E-state index in [2.05, 4.69) is 0 Å². The Labute approximate surface area is 173 Å². The molecule has 1 saturated carbocycles. The zero-order valence-corrected chi connectivity index (χ0v) is 18.7. The van der Waals surface area contributed by atoms with Gasteiger partial charge in [0.15, 0.2) is 0 Å². The molecule has 0 aromatic rings.